The summed E-state index contributed by atoms with van der Waals surface area (Å²) >= 11 is 1.99. The molecule has 0 bridgehead atoms. The lowest BCUT2D eigenvalue weighted by Gasteiger charge is -2.25. The van der Waals surface area contributed by atoms with Crippen LogP contribution in [-0.4, -0.2) is 29.8 Å². The molecule has 1 aliphatic rings. The molecule has 1 fully saturated rings. The molecule has 0 radical (unpaired) electrons. The summed E-state index contributed by atoms with van der Waals surface area (Å²) in [5, 5.41) is 0. The largest absolute Gasteiger partial charge is 0.375 e. The molecule has 2 nitrogen and oxygen atoms in total. The number of hydrogen-bond donors (Lipinski definition) is 1. The van der Waals surface area contributed by atoms with Crippen LogP contribution < -0.4 is 5.73 Å². The molecule has 0 aromatic carbocycles. The van der Waals surface area contributed by atoms with Gasteiger partial charge >= 0.3 is 0 Å². The first-order valence-electron chi connectivity index (χ1n) is 4.12. The highest BCUT2D eigenvalue weighted by Crippen LogP contribution is 2.39. The number of ether oxygens (including phenoxy) is 1. The van der Waals surface area contributed by atoms with Crippen LogP contribution in [0.4, 0.5) is 0 Å². The summed E-state index contributed by atoms with van der Waals surface area (Å²) in [5.74, 6) is 1.22. The average molecular weight is 175 g/mol. The summed E-state index contributed by atoms with van der Waals surface area (Å²) in [6, 6.07) is 0. The van der Waals surface area contributed by atoms with Crippen molar-refractivity contribution in [3.63, 3.8) is 0 Å². The zero-order chi connectivity index (χ0) is 8.32. The van der Waals surface area contributed by atoms with Gasteiger partial charge in [0.15, 0.2) is 0 Å². The zero-order valence-electron chi connectivity index (χ0n) is 7.30. The van der Waals surface area contributed by atoms with Crippen molar-refractivity contribution in [2.75, 3.05) is 18.9 Å². The Kier molecular flexibility index (Phi) is 3.22. The Morgan fingerprint density at radius 1 is 1.64 bits per heavy atom. The van der Waals surface area contributed by atoms with Crippen molar-refractivity contribution in [1.29, 1.82) is 0 Å². The van der Waals surface area contributed by atoms with Crippen LogP contribution in [0.3, 0.4) is 0 Å². The van der Waals surface area contributed by atoms with Crippen LogP contribution in [0.25, 0.3) is 0 Å². The minimum absolute atomic E-state index is 0.301. The predicted octanol–water partition coefficient (Wildman–Crippen LogP) is 1.25. The number of rotatable bonds is 3. The monoisotopic (exact) mass is 175 g/mol. The summed E-state index contributed by atoms with van der Waals surface area (Å²) in [7, 11) is 0. The van der Waals surface area contributed by atoms with E-state index < -0.39 is 0 Å². The van der Waals surface area contributed by atoms with Gasteiger partial charge in [-0.25, -0.2) is 0 Å². The molecular weight excluding hydrogens is 158 g/mol. The van der Waals surface area contributed by atoms with Crippen molar-refractivity contribution in [2.24, 2.45) is 5.73 Å². The van der Waals surface area contributed by atoms with E-state index in [4.69, 9.17) is 10.5 Å². The normalized spacial score (nSPS) is 29.2. The van der Waals surface area contributed by atoms with Crippen molar-refractivity contribution < 1.29 is 4.74 Å². The number of nitrogens with two attached hydrogens (primary N) is 1. The van der Waals surface area contributed by atoms with Gasteiger partial charge in [0.25, 0.3) is 0 Å². The van der Waals surface area contributed by atoms with Gasteiger partial charge in [-0.15, -0.1) is 0 Å². The zero-order valence-corrected chi connectivity index (χ0v) is 8.12. The van der Waals surface area contributed by atoms with Crippen molar-refractivity contribution in [3.8, 4) is 0 Å². The van der Waals surface area contributed by atoms with E-state index in [2.05, 4.69) is 13.8 Å². The summed E-state index contributed by atoms with van der Waals surface area (Å²) in [6.45, 7) is 5.82. The maximum Gasteiger partial charge on any atom is 0.0724 e. The van der Waals surface area contributed by atoms with E-state index in [1.165, 1.54) is 12.2 Å². The van der Waals surface area contributed by atoms with Gasteiger partial charge in [0.05, 0.1) is 12.7 Å². The van der Waals surface area contributed by atoms with E-state index in [1.807, 2.05) is 11.8 Å². The Hall–Kier alpha value is 0.270. The fraction of sp³-hybridized carbons (Fsp3) is 1.00. The van der Waals surface area contributed by atoms with Gasteiger partial charge < -0.3 is 10.5 Å². The SMILES string of the molecule is CC1(C)SCCC1OCCN. The molecule has 11 heavy (non-hydrogen) atoms. The molecule has 0 aromatic heterocycles. The first-order chi connectivity index (χ1) is 5.17. The highest BCUT2D eigenvalue weighted by molar-refractivity contribution is 8.00. The van der Waals surface area contributed by atoms with Crippen LogP contribution in [0.1, 0.15) is 20.3 Å². The van der Waals surface area contributed by atoms with Gasteiger partial charge in [-0.05, 0) is 26.0 Å². The van der Waals surface area contributed by atoms with E-state index in [0.717, 1.165) is 0 Å². The van der Waals surface area contributed by atoms with Crippen LogP contribution in [-0.2, 0) is 4.74 Å². The Morgan fingerprint density at radius 2 is 2.36 bits per heavy atom. The minimum Gasteiger partial charge on any atom is -0.375 e. The second kappa shape index (κ2) is 3.78. The molecule has 0 aliphatic carbocycles. The highest BCUT2D eigenvalue weighted by Gasteiger charge is 2.35. The lowest BCUT2D eigenvalue weighted by atomic mass is 10.0. The topological polar surface area (TPSA) is 35.2 Å². The Balaban J connectivity index is 2.32. The summed E-state index contributed by atoms with van der Waals surface area (Å²) < 4.78 is 5.92. The Labute approximate surface area is 72.9 Å². The molecule has 1 unspecified atom stereocenters. The molecule has 0 aromatic rings. The van der Waals surface area contributed by atoms with Gasteiger partial charge in [-0.3, -0.25) is 0 Å². The van der Waals surface area contributed by atoms with Gasteiger partial charge in [0.2, 0.25) is 0 Å². The third kappa shape index (κ3) is 2.36. The second-order valence-corrected chi connectivity index (χ2v) is 5.14. The smallest absolute Gasteiger partial charge is 0.0724 e. The lowest BCUT2D eigenvalue weighted by Crippen LogP contribution is -2.31. The van der Waals surface area contributed by atoms with Crippen LogP contribution in [0.15, 0.2) is 0 Å². The fourth-order valence-electron chi connectivity index (χ4n) is 1.36. The molecule has 0 saturated carbocycles. The molecule has 3 heteroatoms. The predicted molar refractivity (Wildman–Crippen MR) is 49.9 cm³/mol. The van der Waals surface area contributed by atoms with Crippen LogP contribution >= 0.6 is 11.8 Å². The summed E-state index contributed by atoms with van der Waals surface area (Å²) in [5.41, 5.74) is 5.36. The van der Waals surface area contributed by atoms with Gasteiger partial charge in [-0.1, -0.05) is 0 Å². The van der Waals surface area contributed by atoms with Gasteiger partial charge in [-0.2, -0.15) is 11.8 Å². The molecule has 1 atom stereocenters. The van der Waals surface area contributed by atoms with Crippen LogP contribution in [0.5, 0.6) is 0 Å². The number of hydrogen-bond acceptors (Lipinski definition) is 3. The lowest BCUT2D eigenvalue weighted by molar-refractivity contribution is 0.0425. The van der Waals surface area contributed by atoms with Crippen molar-refractivity contribution in [1.82, 2.24) is 0 Å². The maximum atomic E-state index is 5.62. The molecule has 1 rings (SSSR count). The Bertz CT molecular complexity index is 127. The third-order valence-corrected chi connectivity index (χ3v) is 3.51. The van der Waals surface area contributed by atoms with Crippen molar-refractivity contribution in [2.45, 2.75) is 31.1 Å². The molecular formula is C8H17NOS. The molecule has 1 saturated heterocycles. The van der Waals surface area contributed by atoms with Crippen molar-refractivity contribution >= 4 is 11.8 Å². The first-order valence-corrected chi connectivity index (χ1v) is 5.11. The maximum absolute atomic E-state index is 5.62. The van der Waals surface area contributed by atoms with Crippen molar-refractivity contribution in [3.05, 3.63) is 0 Å². The van der Waals surface area contributed by atoms with Crippen LogP contribution in [0.2, 0.25) is 0 Å². The van der Waals surface area contributed by atoms with E-state index in [-0.39, 0.29) is 0 Å². The summed E-state index contributed by atoms with van der Waals surface area (Å²) in [4.78, 5) is 0. The van der Waals surface area contributed by atoms with Gasteiger partial charge in [0.1, 0.15) is 0 Å². The standard InChI is InChI=1S/C8H17NOS/c1-8(2)7(3-6-11-8)10-5-4-9/h7H,3-6,9H2,1-2H3. The van der Waals surface area contributed by atoms with Gasteiger partial charge in [0, 0.05) is 11.3 Å². The highest BCUT2D eigenvalue weighted by atomic mass is 32.2. The van der Waals surface area contributed by atoms with E-state index in [9.17, 15) is 0 Å². The molecule has 1 aliphatic heterocycles. The molecule has 0 spiro atoms. The molecule has 1 heterocycles. The van der Waals surface area contributed by atoms with Crippen LogP contribution in [0, 0.1) is 0 Å². The summed E-state index contributed by atoms with van der Waals surface area (Å²) in [6.07, 6.45) is 1.59. The third-order valence-electron chi connectivity index (χ3n) is 2.07. The first kappa shape index (κ1) is 9.36. The molecule has 0 amide bonds. The second-order valence-electron chi connectivity index (χ2n) is 3.39. The minimum atomic E-state index is 0.301. The number of thioether (sulfide) groups is 1. The average Bonchev–Trinajstić information content (AvgIpc) is 2.25. The molecule has 2 N–H and O–H groups in total. The van der Waals surface area contributed by atoms with E-state index >= 15 is 0 Å². The van der Waals surface area contributed by atoms with E-state index in [1.54, 1.807) is 0 Å². The van der Waals surface area contributed by atoms with E-state index in [0.29, 0.717) is 24.0 Å². The quantitative estimate of drug-likeness (QED) is 0.701. The fourth-order valence-corrected chi connectivity index (χ4v) is 2.59. The Morgan fingerprint density at radius 3 is 2.82 bits per heavy atom. The molecule has 66 valence electrons.